The van der Waals surface area contributed by atoms with Gasteiger partial charge in [-0.3, -0.25) is 4.79 Å². The molecule has 3 aromatic rings. The van der Waals surface area contributed by atoms with E-state index in [4.69, 9.17) is 0 Å². The van der Waals surface area contributed by atoms with Crippen molar-refractivity contribution in [2.24, 2.45) is 0 Å². The Morgan fingerprint density at radius 2 is 2.11 bits per heavy atom. The lowest BCUT2D eigenvalue weighted by Crippen LogP contribution is -2.40. The second-order valence-electron chi connectivity index (χ2n) is 6.90. The number of piperidine rings is 1. The fourth-order valence-electron chi connectivity index (χ4n) is 3.66. The standard InChI is InChI=1S/C19H23N7O/c27-18(8-11-26-15-21-22-23-26)24-10-4-7-17(14-24)19-20-9-12-25(19)13-16-5-2-1-3-6-16/h1-3,5-6,9,12,15,17H,4,7-8,10-11,13-14H2/t17-/m0/s1. The van der Waals surface area contributed by atoms with Gasteiger partial charge in [-0.05, 0) is 28.8 Å². The third-order valence-electron chi connectivity index (χ3n) is 5.03. The molecule has 1 aromatic carbocycles. The lowest BCUT2D eigenvalue weighted by molar-refractivity contribution is -0.132. The molecule has 1 amide bonds. The molecule has 27 heavy (non-hydrogen) atoms. The maximum absolute atomic E-state index is 12.6. The first kappa shape index (κ1) is 17.4. The van der Waals surface area contributed by atoms with Crippen LogP contribution in [0.25, 0.3) is 0 Å². The highest BCUT2D eigenvalue weighted by Gasteiger charge is 2.27. The topological polar surface area (TPSA) is 81.7 Å². The molecule has 4 rings (SSSR count). The van der Waals surface area contributed by atoms with Crippen molar-refractivity contribution in [2.45, 2.75) is 38.3 Å². The number of carbonyl (C=O) groups excluding carboxylic acids is 1. The molecule has 8 nitrogen and oxygen atoms in total. The summed E-state index contributed by atoms with van der Waals surface area (Å²) in [5, 5.41) is 11.0. The summed E-state index contributed by atoms with van der Waals surface area (Å²) in [4.78, 5) is 19.2. The third kappa shape index (κ3) is 4.21. The van der Waals surface area contributed by atoms with Gasteiger partial charge in [0.25, 0.3) is 0 Å². The quantitative estimate of drug-likeness (QED) is 0.664. The Balaban J connectivity index is 1.40. The summed E-state index contributed by atoms with van der Waals surface area (Å²) in [6.45, 7) is 2.85. The lowest BCUT2D eigenvalue weighted by atomic mass is 9.96. The number of carbonyl (C=O) groups is 1. The Morgan fingerprint density at radius 3 is 2.93 bits per heavy atom. The average Bonchev–Trinajstić information content (AvgIpc) is 3.39. The van der Waals surface area contributed by atoms with Crippen LogP contribution in [0, 0.1) is 0 Å². The van der Waals surface area contributed by atoms with Gasteiger partial charge in [0.1, 0.15) is 12.2 Å². The van der Waals surface area contributed by atoms with Gasteiger partial charge in [0, 0.05) is 44.4 Å². The number of likely N-dealkylation sites (tertiary alicyclic amines) is 1. The molecule has 0 spiro atoms. The third-order valence-corrected chi connectivity index (χ3v) is 5.03. The van der Waals surface area contributed by atoms with E-state index in [1.807, 2.05) is 23.4 Å². The number of hydrogen-bond acceptors (Lipinski definition) is 5. The molecule has 1 atom stereocenters. The molecule has 1 aliphatic rings. The van der Waals surface area contributed by atoms with E-state index >= 15 is 0 Å². The first-order chi connectivity index (χ1) is 13.3. The number of tetrazole rings is 1. The molecule has 0 bridgehead atoms. The number of benzene rings is 1. The zero-order valence-corrected chi connectivity index (χ0v) is 15.2. The van der Waals surface area contributed by atoms with Crippen molar-refractivity contribution in [3.05, 3.63) is 60.4 Å². The van der Waals surface area contributed by atoms with Crippen LogP contribution >= 0.6 is 0 Å². The van der Waals surface area contributed by atoms with E-state index in [9.17, 15) is 4.79 Å². The van der Waals surface area contributed by atoms with Gasteiger partial charge in [0.15, 0.2) is 0 Å². The minimum atomic E-state index is 0.149. The predicted octanol–water partition coefficient (Wildman–Crippen LogP) is 1.71. The Hall–Kier alpha value is -3.03. The van der Waals surface area contributed by atoms with Crippen LogP contribution in [0.4, 0.5) is 0 Å². The summed E-state index contributed by atoms with van der Waals surface area (Å²) in [5.41, 5.74) is 1.25. The molecular weight excluding hydrogens is 342 g/mol. The number of aromatic nitrogens is 6. The van der Waals surface area contributed by atoms with Gasteiger partial charge in [-0.15, -0.1) is 5.10 Å². The van der Waals surface area contributed by atoms with Crippen LogP contribution in [0.15, 0.2) is 49.1 Å². The summed E-state index contributed by atoms with van der Waals surface area (Å²) in [6.07, 6.45) is 7.89. The number of aryl methyl sites for hydroxylation is 1. The molecule has 1 aliphatic heterocycles. The van der Waals surface area contributed by atoms with Gasteiger partial charge >= 0.3 is 0 Å². The van der Waals surface area contributed by atoms with Crippen LogP contribution in [0.2, 0.25) is 0 Å². The van der Waals surface area contributed by atoms with Gasteiger partial charge in [0.2, 0.25) is 5.91 Å². The van der Waals surface area contributed by atoms with E-state index in [-0.39, 0.29) is 11.8 Å². The largest absolute Gasteiger partial charge is 0.342 e. The SMILES string of the molecule is O=C(CCn1cnnn1)N1CCC[C@H](c2nccn2Cc2ccccc2)C1. The number of rotatable bonds is 6. The van der Waals surface area contributed by atoms with E-state index in [1.54, 1.807) is 4.68 Å². The Bertz CT molecular complexity index is 859. The van der Waals surface area contributed by atoms with E-state index in [1.165, 1.54) is 11.9 Å². The second kappa shape index (κ2) is 8.11. The van der Waals surface area contributed by atoms with Crippen molar-refractivity contribution >= 4 is 5.91 Å². The summed E-state index contributed by atoms with van der Waals surface area (Å²) in [7, 11) is 0. The molecular formula is C19H23N7O. The Kier molecular flexibility index (Phi) is 5.22. The summed E-state index contributed by atoms with van der Waals surface area (Å²) in [6, 6.07) is 10.4. The minimum Gasteiger partial charge on any atom is -0.342 e. The summed E-state index contributed by atoms with van der Waals surface area (Å²) in [5.74, 6) is 1.49. The van der Waals surface area contributed by atoms with Gasteiger partial charge in [-0.2, -0.15) is 0 Å². The van der Waals surface area contributed by atoms with Crippen LogP contribution in [0.3, 0.4) is 0 Å². The van der Waals surface area contributed by atoms with Crippen molar-refractivity contribution in [2.75, 3.05) is 13.1 Å². The molecule has 0 radical (unpaired) electrons. The smallest absolute Gasteiger partial charge is 0.224 e. The van der Waals surface area contributed by atoms with Crippen LogP contribution in [-0.2, 0) is 17.9 Å². The van der Waals surface area contributed by atoms with Crippen molar-refractivity contribution in [3.8, 4) is 0 Å². The predicted molar refractivity (Wildman–Crippen MR) is 98.8 cm³/mol. The fraction of sp³-hybridized carbons (Fsp3) is 0.421. The van der Waals surface area contributed by atoms with Gasteiger partial charge in [0.05, 0.1) is 6.54 Å². The number of imidazole rings is 1. The number of nitrogens with zero attached hydrogens (tertiary/aromatic N) is 7. The van der Waals surface area contributed by atoms with Crippen molar-refractivity contribution in [1.82, 2.24) is 34.7 Å². The molecule has 8 heteroatoms. The molecule has 3 heterocycles. The molecule has 1 saturated heterocycles. The van der Waals surface area contributed by atoms with E-state index in [0.717, 1.165) is 38.3 Å². The Morgan fingerprint density at radius 1 is 1.22 bits per heavy atom. The van der Waals surface area contributed by atoms with Crippen LogP contribution < -0.4 is 0 Å². The average molecular weight is 365 g/mol. The number of hydrogen-bond donors (Lipinski definition) is 0. The van der Waals surface area contributed by atoms with Crippen molar-refractivity contribution in [1.29, 1.82) is 0 Å². The normalized spacial score (nSPS) is 17.2. The van der Waals surface area contributed by atoms with E-state index in [2.05, 4.69) is 49.3 Å². The van der Waals surface area contributed by atoms with Gasteiger partial charge in [-0.1, -0.05) is 30.3 Å². The van der Waals surface area contributed by atoms with E-state index < -0.39 is 0 Å². The monoisotopic (exact) mass is 365 g/mol. The second-order valence-corrected chi connectivity index (χ2v) is 6.90. The zero-order chi connectivity index (χ0) is 18.5. The lowest BCUT2D eigenvalue weighted by Gasteiger charge is -2.32. The molecule has 0 saturated carbocycles. The highest BCUT2D eigenvalue weighted by molar-refractivity contribution is 5.76. The molecule has 0 aliphatic carbocycles. The van der Waals surface area contributed by atoms with E-state index in [0.29, 0.717) is 13.0 Å². The van der Waals surface area contributed by atoms with Crippen LogP contribution in [0.5, 0.6) is 0 Å². The summed E-state index contributed by atoms with van der Waals surface area (Å²) < 4.78 is 3.79. The number of amides is 1. The first-order valence-electron chi connectivity index (χ1n) is 9.33. The highest BCUT2D eigenvalue weighted by Crippen LogP contribution is 2.26. The molecule has 0 unspecified atom stereocenters. The fourth-order valence-corrected chi connectivity index (χ4v) is 3.66. The first-order valence-corrected chi connectivity index (χ1v) is 9.33. The molecule has 0 N–H and O–H groups in total. The minimum absolute atomic E-state index is 0.149. The highest BCUT2D eigenvalue weighted by atomic mass is 16.2. The van der Waals surface area contributed by atoms with Gasteiger partial charge in [-0.25, -0.2) is 9.67 Å². The van der Waals surface area contributed by atoms with Crippen LogP contribution in [0.1, 0.15) is 36.6 Å². The van der Waals surface area contributed by atoms with Crippen molar-refractivity contribution in [3.63, 3.8) is 0 Å². The summed E-state index contributed by atoms with van der Waals surface area (Å²) >= 11 is 0. The molecule has 2 aromatic heterocycles. The molecule has 1 fully saturated rings. The zero-order valence-electron chi connectivity index (χ0n) is 15.2. The van der Waals surface area contributed by atoms with Gasteiger partial charge < -0.3 is 9.47 Å². The van der Waals surface area contributed by atoms with Crippen LogP contribution in [-0.4, -0.2) is 53.7 Å². The van der Waals surface area contributed by atoms with Crippen molar-refractivity contribution < 1.29 is 4.79 Å². The Labute approximate surface area is 157 Å². The maximum Gasteiger partial charge on any atom is 0.224 e. The molecule has 140 valence electrons. The maximum atomic E-state index is 12.6.